The van der Waals surface area contributed by atoms with Crippen LogP contribution < -0.4 is 11.1 Å². The van der Waals surface area contributed by atoms with Crippen LogP contribution in [0, 0.1) is 28.6 Å². The third-order valence-electron chi connectivity index (χ3n) is 5.37. The fourth-order valence-electron chi connectivity index (χ4n) is 3.70. The molecule has 1 amide bonds. The van der Waals surface area contributed by atoms with E-state index in [4.69, 9.17) is 11.0 Å². The van der Waals surface area contributed by atoms with E-state index in [1.807, 2.05) is 36.4 Å². The Balaban J connectivity index is 1.62. The SMILES string of the molecule is N#Cc1ccc(-c2ccc(C[C@@H](C#N)NC(=O)[C@@H]3CCCC[C@H]3N)cc2)cc1. The van der Waals surface area contributed by atoms with Crippen molar-refractivity contribution in [3.63, 3.8) is 0 Å². The number of nitriles is 2. The van der Waals surface area contributed by atoms with Crippen molar-refractivity contribution in [1.82, 2.24) is 5.32 Å². The molecule has 0 bridgehead atoms. The van der Waals surface area contributed by atoms with Crippen molar-refractivity contribution in [1.29, 1.82) is 10.5 Å². The lowest BCUT2D eigenvalue weighted by Crippen LogP contribution is -2.47. The first kappa shape index (κ1) is 19.6. The van der Waals surface area contributed by atoms with Gasteiger partial charge in [-0.2, -0.15) is 10.5 Å². The number of amides is 1. The fourth-order valence-corrected chi connectivity index (χ4v) is 3.70. The van der Waals surface area contributed by atoms with Gasteiger partial charge in [-0.1, -0.05) is 49.2 Å². The molecular formula is C23H24N4O. The summed E-state index contributed by atoms with van der Waals surface area (Å²) in [6.07, 6.45) is 4.20. The molecule has 0 aliphatic heterocycles. The van der Waals surface area contributed by atoms with E-state index in [0.29, 0.717) is 12.0 Å². The second kappa shape index (κ2) is 9.17. The van der Waals surface area contributed by atoms with Gasteiger partial charge in [-0.05, 0) is 41.7 Å². The van der Waals surface area contributed by atoms with Crippen LogP contribution in [-0.2, 0) is 11.2 Å². The second-order valence-corrected chi connectivity index (χ2v) is 7.34. The van der Waals surface area contributed by atoms with Crippen molar-refractivity contribution in [2.24, 2.45) is 11.7 Å². The molecule has 2 aromatic carbocycles. The number of hydrogen-bond acceptors (Lipinski definition) is 4. The van der Waals surface area contributed by atoms with E-state index in [0.717, 1.165) is 42.4 Å². The lowest BCUT2D eigenvalue weighted by atomic mass is 9.84. The van der Waals surface area contributed by atoms with Crippen LogP contribution in [0.2, 0.25) is 0 Å². The number of carbonyl (C=O) groups excluding carboxylic acids is 1. The molecule has 0 unspecified atom stereocenters. The first-order valence-electron chi connectivity index (χ1n) is 9.66. The first-order chi connectivity index (χ1) is 13.6. The minimum Gasteiger partial charge on any atom is -0.340 e. The summed E-state index contributed by atoms with van der Waals surface area (Å²) in [4.78, 5) is 12.5. The molecule has 0 spiro atoms. The van der Waals surface area contributed by atoms with Crippen LogP contribution >= 0.6 is 0 Å². The average molecular weight is 372 g/mol. The maximum atomic E-state index is 12.5. The zero-order valence-corrected chi connectivity index (χ0v) is 15.8. The highest BCUT2D eigenvalue weighted by Crippen LogP contribution is 2.24. The van der Waals surface area contributed by atoms with Crippen LogP contribution in [0.3, 0.4) is 0 Å². The number of nitrogens with one attached hydrogen (secondary N) is 1. The summed E-state index contributed by atoms with van der Waals surface area (Å²) < 4.78 is 0. The van der Waals surface area contributed by atoms with E-state index >= 15 is 0 Å². The predicted octanol–water partition coefficient (Wildman–Crippen LogP) is 3.29. The lowest BCUT2D eigenvalue weighted by Gasteiger charge is -2.28. The Kier molecular flexibility index (Phi) is 6.42. The molecule has 0 saturated heterocycles. The average Bonchev–Trinajstić information content (AvgIpc) is 2.74. The summed E-state index contributed by atoms with van der Waals surface area (Å²) in [6, 6.07) is 19.0. The zero-order chi connectivity index (χ0) is 19.9. The van der Waals surface area contributed by atoms with Crippen LogP contribution in [0.4, 0.5) is 0 Å². The summed E-state index contributed by atoms with van der Waals surface area (Å²) in [5, 5.41) is 21.2. The number of carbonyl (C=O) groups is 1. The van der Waals surface area contributed by atoms with Crippen molar-refractivity contribution in [2.45, 2.75) is 44.2 Å². The highest BCUT2D eigenvalue weighted by molar-refractivity contribution is 5.80. The molecule has 1 fully saturated rings. The smallest absolute Gasteiger partial charge is 0.225 e. The van der Waals surface area contributed by atoms with Crippen molar-refractivity contribution in [3.05, 3.63) is 59.7 Å². The van der Waals surface area contributed by atoms with Crippen molar-refractivity contribution in [3.8, 4) is 23.3 Å². The van der Waals surface area contributed by atoms with Crippen molar-refractivity contribution < 1.29 is 4.79 Å². The van der Waals surface area contributed by atoms with Gasteiger partial charge < -0.3 is 11.1 Å². The van der Waals surface area contributed by atoms with E-state index in [1.54, 1.807) is 12.1 Å². The summed E-state index contributed by atoms with van der Waals surface area (Å²) in [5.41, 5.74) is 9.76. The molecule has 0 radical (unpaired) electrons. The maximum absolute atomic E-state index is 12.5. The molecule has 0 aromatic heterocycles. The van der Waals surface area contributed by atoms with Gasteiger partial charge in [0.05, 0.1) is 23.6 Å². The minimum absolute atomic E-state index is 0.104. The Labute approximate surface area is 165 Å². The molecule has 5 heteroatoms. The molecule has 2 aromatic rings. The third-order valence-corrected chi connectivity index (χ3v) is 5.37. The monoisotopic (exact) mass is 372 g/mol. The van der Waals surface area contributed by atoms with Gasteiger partial charge in [0.25, 0.3) is 0 Å². The van der Waals surface area contributed by atoms with Crippen LogP contribution in [-0.4, -0.2) is 18.0 Å². The lowest BCUT2D eigenvalue weighted by molar-refractivity contribution is -0.126. The van der Waals surface area contributed by atoms with Gasteiger partial charge >= 0.3 is 0 Å². The van der Waals surface area contributed by atoms with Crippen LogP contribution in [0.5, 0.6) is 0 Å². The van der Waals surface area contributed by atoms with Gasteiger partial charge in [-0.25, -0.2) is 0 Å². The molecule has 1 aliphatic rings. The van der Waals surface area contributed by atoms with Crippen LogP contribution in [0.1, 0.15) is 36.8 Å². The Morgan fingerprint density at radius 2 is 1.64 bits per heavy atom. The van der Waals surface area contributed by atoms with Gasteiger partial charge in [0.1, 0.15) is 6.04 Å². The highest BCUT2D eigenvalue weighted by atomic mass is 16.2. The topological polar surface area (TPSA) is 103 Å². The Hall–Kier alpha value is -3.15. The van der Waals surface area contributed by atoms with Crippen molar-refractivity contribution >= 4 is 5.91 Å². The van der Waals surface area contributed by atoms with Gasteiger partial charge in [0, 0.05) is 12.5 Å². The van der Waals surface area contributed by atoms with E-state index in [9.17, 15) is 10.1 Å². The number of nitrogens with two attached hydrogens (primary N) is 1. The molecule has 1 saturated carbocycles. The Morgan fingerprint density at radius 1 is 1.04 bits per heavy atom. The number of hydrogen-bond donors (Lipinski definition) is 2. The second-order valence-electron chi connectivity index (χ2n) is 7.34. The summed E-state index contributed by atoms with van der Waals surface area (Å²) in [6.45, 7) is 0. The Morgan fingerprint density at radius 3 is 2.21 bits per heavy atom. The first-order valence-corrected chi connectivity index (χ1v) is 9.66. The maximum Gasteiger partial charge on any atom is 0.225 e. The van der Waals surface area contributed by atoms with Gasteiger partial charge in [-0.15, -0.1) is 0 Å². The van der Waals surface area contributed by atoms with Gasteiger partial charge in [0.2, 0.25) is 5.91 Å². The highest BCUT2D eigenvalue weighted by Gasteiger charge is 2.29. The molecule has 3 atom stereocenters. The van der Waals surface area contributed by atoms with E-state index < -0.39 is 6.04 Å². The molecule has 5 nitrogen and oxygen atoms in total. The standard InChI is InChI=1S/C23H24N4O/c24-14-17-7-11-19(12-8-17)18-9-5-16(6-10-18)13-20(15-25)27-23(28)21-3-1-2-4-22(21)26/h5-12,20-22H,1-4,13,26H2,(H,27,28)/t20-,21+,22+/m0/s1. The van der Waals surface area contributed by atoms with E-state index in [-0.39, 0.29) is 17.9 Å². The fraction of sp³-hybridized carbons (Fsp3) is 0.348. The van der Waals surface area contributed by atoms with E-state index in [1.165, 1.54) is 0 Å². The summed E-state index contributed by atoms with van der Waals surface area (Å²) in [5.74, 6) is -0.295. The summed E-state index contributed by atoms with van der Waals surface area (Å²) >= 11 is 0. The molecule has 142 valence electrons. The quantitative estimate of drug-likeness (QED) is 0.840. The minimum atomic E-state index is -0.567. The third kappa shape index (κ3) is 4.76. The molecule has 3 rings (SSSR count). The van der Waals surface area contributed by atoms with Crippen LogP contribution in [0.25, 0.3) is 11.1 Å². The van der Waals surface area contributed by atoms with Crippen LogP contribution in [0.15, 0.2) is 48.5 Å². The normalized spacial score (nSPS) is 19.8. The number of benzene rings is 2. The molecule has 28 heavy (non-hydrogen) atoms. The zero-order valence-electron chi connectivity index (χ0n) is 15.8. The van der Waals surface area contributed by atoms with E-state index in [2.05, 4.69) is 17.5 Å². The Bertz CT molecular complexity index is 890. The molecule has 0 heterocycles. The van der Waals surface area contributed by atoms with Crippen molar-refractivity contribution in [2.75, 3.05) is 0 Å². The molecule has 1 aliphatic carbocycles. The predicted molar refractivity (Wildman–Crippen MR) is 108 cm³/mol. The number of rotatable bonds is 5. The number of nitrogens with zero attached hydrogens (tertiary/aromatic N) is 2. The van der Waals surface area contributed by atoms with Gasteiger partial charge in [-0.3, -0.25) is 4.79 Å². The van der Waals surface area contributed by atoms with Gasteiger partial charge in [0.15, 0.2) is 0 Å². The molecule has 3 N–H and O–H groups in total. The summed E-state index contributed by atoms with van der Waals surface area (Å²) in [7, 11) is 0. The largest absolute Gasteiger partial charge is 0.340 e. The molecular weight excluding hydrogens is 348 g/mol.